The molecule has 4 rings (SSSR count). The van der Waals surface area contributed by atoms with Gasteiger partial charge in [0.1, 0.15) is 0 Å². The average molecular weight is 299 g/mol. The van der Waals surface area contributed by atoms with Gasteiger partial charge in [-0.05, 0) is 36.4 Å². The Kier molecular flexibility index (Phi) is 2.99. The predicted molar refractivity (Wildman–Crippen MR) is 87.4 cm³/mol. The summed E-state index contributed by atoms with van der Waals surface area (Å²) in [6.45, 7) is 0. The summed E-state index contributed by atoms with van der Waals surface area (Å²) in [4.78, 5) is 14.6. The quantitative estimate of drug-likeness (QED) is 0.688. The summed E-state index contributed by atoms with van der Waals surface area (Å²) in [5, 5.41) is 9.69. The van der Waals surface area contributed by atoms with E-state index in [0.717, 1.165) is 17.1 Å². The third-order valence-electron chi connectivity index (χ3n) is 4.08. The molecule has 1 aromatic heterocycles. The van der Waals surface area contributed by atoms with Gasteiger partial charge in [-0.15, -0.1) is 0 Å². The second-order valence-corrected chi connectivity index (χ2v) is 5.36. The summed E-state index contributed by atoms with van der Waals surface area (Å²) in [7, 11) is 0. The lowest BCUT2D eigenvalue weighted by Crippen LogP contribution is -2.38. The minimum absolute atomic E-state index is 0.169. The topological polar surface area (TPSA) is 49.0 Å². The molecule has 1 aliphatic heterocycles. The highest BCUT2D eigenvalue weighted by molar-refractivity contribution is 6.08. The fourth-order valence-electron chi connectivity index (χ4n) is 3.05. The summed E-state index contributed by atoms with van der Waals surface area (Å²) >= 11 is 0. The number of aromatic nitrogens is 1. The Labute approximate surface area is 133 Å². The van der Waals surface area contributed by atoms with Crippen molar-refractivity contribution in [2.24, 2.45) is 0 Å². The second kappa shape index (κ2) is 5.15. The van der Waals surface area contributed by atoms with E-state index in [1.54, 1.807) is 17.0 Å². The number of anilines is 1. The van der Waals surface area contributed by atoms with Crippen LogP contribution < -0.4 is 4.90 Å². The van der Waals surface area contributed by atoms with Crippen LogP contribution in [-0.2, 0) is 0 Å². The highest BCUT2D eigenvalue weighted by Crippen LogP contribution is 2.39. The molecule has 4 heteroatoms. The van der Waals surface area contributed by atoms with Crippen LogP contribution in [0, 0.1) is 11.3 Å². The van der Waals surface area contributed by atoms with Gasteiger partial charge in [-0.1, -0.05) is 30.3 Å². The lowest BCUT2D eigenvalue weighted by Gasteiger charge is -2.34. The van der Waals surface area contributed by atoms with Gasteiger partial charge in [0, 0.05) is 11.8 Å². The maximum Gasteiger partial charge on any atom is 0.259 e. The monoisotopic (exact) mass is 299 g/mol. The van der Waals surface area contributed by atoms with Gasteiger partial charge in [0.25, 0.3) is 5.91 Å². The number of hydrogen-bond donors (Lipinski definition) is 0. The van der Waals surface area contributed by atoms with Gasteiger partial charge >= 0.3 is 0 Å². The molecule has 1 aliphatic rings. The van der Waals surface area contributed by atoms with Gasteiger partial charge in [-0.2, -0.15) is 5.26 Å². The number of para-hydroxylation sites is 2. The van der Waals surface area contributed by atoms with E-state index in [0.29, 0.717) is 5.56 Å². The normalized spacial score (nSPS) is 15.4. The molecule has 2 heterocycles. The molecule has 0 radical (unpaired) electrons. The fourth-order valence-corrected chi connectivity index (χ4v) is 3.05. The average Bonchev–Trinajstić information content (AvgIpc) is 3.10. The number of carbonyl (C=O) groups is 1. The Hall–Kier alpha value is -3.32. The molecule has 1 amide bonds. The molecule has 2 aromatic carbocycles. The predicted octanol–water partition coefficient (Wildman–Crippen LogP) is 3.70. The van der Waals surface area contributed by atoms with Crippen LogP contribution in [0.1, 0.15) is 22.1 Å². The molecule has 0 N–H and O–H groups in total. The van der Waals surface area contributed by atoms with Crippen LogP contribution in [0.2, 0.25) is 0 Å². The molecular weight excluding hydrogens is 286 g/mol. The first-order chi connectivity index (χ1) is 11.3. The third kappa shape index (κ3) is 1.95. The van der Waals surface area contributed by atoms with Crippen molar-refractivity contribution in [2.75, 3.05) is 4.90 Å². The van der Waals surface area contributed by atoms with Crippen molar-refractivity contribution in [3.8, 4) is 11.8 Å². The minimum atomic E-state index is -0.646. The van der Waals surface area contributed by atoms with Crippen LogP contribution in [0.5, 0.6) is 0 Å². The van der Waals surface area contributed by atoms with Gasteiger partial charge in [-0.3, -0.25) is 9.69 Å². The van der Waals surface area contributed by atoms with Crippen molar-refractivity contribution in [1.82, 2.24) is 4.57 Å². The Bertz CT molecular complexity index is 921. The number of fused-ring (bicyclic) bond motifs is 3. The summed E-state index contributed by atoms with van der Waals surface area (Å²) in [5.74, 6) is -0.169. The number of benzene rings is 2. The number of hydrogen-bond acceptors (Lipinski definition) is 2. The number of amides is 1. The fraction of sp³-hybridized carbons (Fsp3) is 0.0526. The SMILES string of the molecule is N#CC1c2cccn2-c2ccccc2N1C(=O)c1ccccc1. The van der Waals surface area contributed by atoms with Crippen LogP contribution in [-0.4, -0.2) is 10.5 Å². The molecule has 110 valence electrons. The van der Waals surface area contributed by atoms with E-state index in [4.69, 9.17) is 0 Å². The zero-order valence-corrected chi connectivity index (χ0v) is 12.3. The summed E-state index contributed by atoms with van der Waals surface area (Å²) in [5.41, 5.74) is 3.03. The van der Waals surface area contributed by atoms with E-state index in [9.17, 15) is 10.1 Å². The van der Waals surface area contributed by atoms with E-state index in [1.165, 1.54) is 0 Å². The number of nitrogens with zero attached hydrogens (tertiary/aromatic N) is 3. The van der Waals surface area contributed by atoms with Crippen LogP contribution in [0.4, 0.5) is 5.69 Å². The molecule has 4 nitrogen and oxygen atoms in total. The molecule has 0 saturated carbocycles. The molecule has 0 saturated heterocycles. The van der Waals surface area contributed by atoms with E-state index >= 15 is 0 Å². The Morgan fingerprint density at radius 1 is 0.913 bits per heavy atom. The van der Waals surface area contributed by atoms with Crippen molar-refractivity contribution in [3.05, 3.63) is 84.2 Å². The van der Waals surface area contributed by atoms with Crippen LogP contribution in [0.25, 0.3) is 5.69 Å². The smallest absolute Gasteiger partial charge is 0.259 e. The highest BCUT2D eigenvalue weighted by Gasteiger charge is 2.35. The van der Waals surface area contributed by atoms with Gasteiger partial charge in [0.15, 0.2) is 6.04 Å². The molecule has 0 aliphatic carbocycles. The van der Waals surface area contributed by atoms with Gasteiger partial charge in [0.2, 0.25) is 0 Å². The van der Waals surface area contributed by atoms with Gasteiger partial charge < -0.3 is 4.57 Å². The van der Waals surface area contributed by atoms with Crippen molar-refractivity contribution >= 4 is 11.6 Å². The Balaban J connectivity index is 1.93. The van der Waals surface area contributed by atoms with Crippen molar-refractivity contribution in [1.29, 1.82) is 5.26 Å². The van der Waals surface area contributed by atoms with E-state index < -0.39 is 6.04 Å². The number of rotatable bonds is 1. The van der Waals surface area contributed by atoms with Crippen LogP contribution in [0.3, 0.4) is 0 Å². The first-order valence-corrected chi connectivity index (χ1v) is 7.36. The van der Waals surface area contributed by atoms with E-state index in [-0.39, 0.29) is 5.91 Å². The van der Waals surface area contributed by atoms with Crippen molar-refractivity contribution in [3.63, 3.8) is 0 Å². The van der Waals surface area contributed by atoms with Crippen LogP contribution in [0.15, 0.2) is 72.9 Å². The molecule has 1 atom stereocenters. The molecule has 0 bridgehead atoms. The highest BCUT2D eigenvalue weighted by atomic mass is 16.2. The molecule has 3 aromatic rings. The van der Waals surface area contributed by atoms with E-state index in [2.05, 4.69) is 6.07 Å². The molecule has 1 unspecified atom stereocenters. The van der Waals surface area contributed by atoms with Crippen molar-refractivity contribution < 1.29 is 4.79 Å². The second-order valence-electron chi connectivity index (χ2n) is 5.36. The molecule has 0 fully saturated rings. The summed E-state index contributed by atoms with van der Waals surface area (Å²) < 4.78 is 1.97. The summed E-state index contributed by atoms with van der Waals surface area (Å²) in [6.07, 6.45) is 1.92. The van der Waals surface area contributed by atoms with Crippen molar-refractivity contribution in [2.45, 2.75) is 6.04 Å². The lowest BCUT2D eigenvalue weighted by atomic mass is 10.0. The Morgan fingerprint density at radius 2 is 1.61 bits per heavy atom. The molecule has 23 heavy (non-hydrogen) atoms. The number of nitriles is 1. The largest absolute Gasteiger partial charge is 0.316 e. The Morgan fingerprint density at radius 3 is 2.35 bits per heavy atom. The van der Waals surface area contributed by atoms with Gasteiger partial charge in [0.05, 0.1) is 23.1 Å². The third-order valence-corrected chi connectivity index (χ3v) is 4.08. The zero-order chi connectivity index (χ0) is 15.8. The maximum absolute atomic E-state index is 13.0. The minimum Gasteiger partial charge on any atom is -0.316 e. The maximum atomic E-state index is 13.0. The van der Waals surface area contributed by atoms with Crippen LogP contribution >= 0.6 is 0 Å². The lowest BCUT2D eigenvalue weighted by molar-refractivity contribution is 0.0980. The first-order valence-electron chi connectivity index (χ1n) is 7.36. The molecular formula is C19H13N3O. The van der Waals surface area contributed by atoms with Gasteiger partial charge in [-0.25, -0.2) is 0 Å². The number of carbonyl (C=O) groups excluding carboxylic acids is 1. The standard InChI is InChI=1S/C19H13N3O/c20-13-18-16-11-6-12-21(16)15-9-4-5-10-17(15)22(18)19(23)14-7-2-1-3-8-14/h1-12,18H. The first kappa shape index (κ1) is 13.4. The zero-order valence-electron chi connectivity index (χ0n) is 12.3. The molecule has 0 spiro atoms. The summed E-state index contributed by atoms with van der Waals surface area (Å²) in [6, 6.07) is 22.1. The van der Waals surface area contributed by atoms with E-state index in [1.807, 2.05) is 65.4 Å².